The Labute approximate surface area is 134 Å². The molecule has 1 N–H and O–H groups in total. The predicted octanol–water partition coefficient (Wildman–Crippen LogP) is 2.72. The highest BCUT2D eigenvalue weighted by molar-refractivity contribution is 7.92. The van der Waals surface area contributed by atoms with Crippen molar-refractivity contribution in [1.29, 1.82) is 0 Å². The molecule has 122 valence electrons. The first kappa shape index (κ1) is 16.8. The summed E-state index contributed by atoms with van der Waals surface area (Å²) < 4.78 is 31.8. The van der Waals surface area contributed by atoms with Crippen LogP contribution in [-0.2, 0) is 10.0 Å². The minimum absolute atomic E-state index is 0.00533. The van der Waals surface area contributed by atoms with Gasteiger partial charge in [-0.05, 0) is 30.7 Å². The zero-order valence-corrected chi connectivity index (χ0v) is 13.2. The fraction of sp³-hybridized carbons (Fsp3) is 0.200. The quantitative estimate of drug-likeness (QED) is 0.619. The number of rotatable bonds is 7. The van der Waals surface area contributed by atoms with Crippen molar-refractivity contribution in [3.63, 3.8) is 0 Å². The van der Waals surface area contributed by atoms with Crippen molar-refractivity contribution in [2.75, 3.05) is 17.1 Å². The largest absolute Gasteiger partial charge is 0.492 e. The standard InChI is InChI=1S/C15H16N2O5S/c1-12-11-13(17(18)19)7-8-15(12)16-23(20,21)10-9-22-14-5-3-2-4-6-14/h2-8,11,16H,9-10H2,1H3. The lowest BCUT2D eigenvalue weighted by Crippen LogP contribution is -2.21. The van der Waals surface area contributed by atoms with E-state index in [1.807, 2.05) is 6.07 Å². The molecule has 2 rings (SSSR count). The minimum Gasteiger partial charge on any atom is -0.492 e. The van der Waals surface area contributed by atoms with E-state index in [2.05, 4.69) is 4.72 Å². The van der Waals surface area contributed by atoms with Crippen LogP contribution in [0.5, 0.6) is 5.75 Å². The van der Waals surface area contributed by atoms with Crippen molar-refractivity contribution in [1.82, 2.24) is 0 Å². The van der Waals surface area contributed by atoms with E-state index in [1.54, 1.807) is 31.2 Å². The summed E-state index contributed by atoms with van der Waals surface area (Å²) in [5.74, 6) is 0.368. The fourth-order valence-corrected chi connectivity index (χ4v) is 2.85. The molecule has 0 aliphatic heterocycles. The molecule has 0 heterocycles. The molecule has 0 fully saturated rings. The number of anilines is 1. The summed E-state index contributed by atoms with van der Waals surface area (Å²) in [4.78, 5) is 10.1. The SMILES string of the molecule is Cc1cc([N+](=O)[O-])ccc1NS(=O)(=O)CCOc1ccccc1. The van der Waals surface area contributed by atoms with Crippen LogP contribution in [0.25, 0.3) is 0 Å². The molecule has 0 aliphatic carbocycles. The summed E-state index contributed by atoms with van der Waals surface area (Å²) in [5, 5.41) is 10.7. The molecule has 2 aromatic carbocycles. The van der Waals surface area contributed by atoms with Gasteiger partial charge in [0.15, 0.2) is 0 Å². The van der Waals surface area contributed by atoms with Crippen LogP contribution >= 0.6 is 0 Å². The molecule has 0 aromatic heterocycles. The number of benzene rings is 2. The van der Waals surface area contributed by atoms with Crippen molar-refractivity contribution < 1.29 is 18.1 Å². The average molecular weight is 336 g/mol. The van der Waals surface area contributed by atoms with Crippen LogP contribution in [-0.4, -0.2) is 25.7 Å². The predicted molar refractivity (Wildman–Crippen MR) is 87.2 cm³/mol. The Kier molecular flexibility index (Phi) is 5.17. The maximum absolute atomic E-state index is 12.0. The van der Waals surface area contributed by atoms with Crippen LogP contribution in [0, 0.1) is 17.0 Å². The second-order valence-corrected chi connectivity index (χ2v) is 6.68. The Hall–Kier alpha value is -2.61. The highest BCUT2D eigenvalue weighted by atomic mass is 32.2. The van der Waals surface area contributed by atoms with Gasteiger partial charge in [-0.15, -0.1) is 0 Å². The zero-order valence-electron chi connectivity index (χ0n) is 12.4. The molecule has 0 saturated carbocycles. The van der Waals surface area contributed by atoms with Crippen molar-refractivity contribution >= 4 is 21.4 Å². The minimum atomic E-state index is -3.61. The van der Waals surface area contributed by atoms with E-state index in [9.17, 15) is 18.5 Å². The Morgan fingerprint density at radius 2 is 1.87 bits per heavy atom. The lowest BCUT2D eigenvalue weighted by Gasteiger charge is -2.11. The molecule has 7 nitrogen and oxygen atoms in total. The van der Waals surface area contributed by atoms with E-state index in [4.69, 9.17) is 4.74 Å². The van der Waals surface area contributed by atoms with Crippen LogP contribution in [0.3, 0.4) is 0 Å². The number of nitrogens with one attached hydrogen (secondary N) is 1. The number of para-hydroxylation sites is 1. The lowest BCUT2D eigenvalue weighted by molar-refractivity contribution is -0.384. The third-order valence-corrected chi connectivity index (χ3v) is 4.29. The van der Waals surface area contributed by atoms with Crippen molar-refractivity contribution in [2.24, 2.45) is 0 Å². The molecule has 0 aliphatic rings. The summed E-state index contributed by atoms with van der Waals surface area (Å²) in [6.45, 7) is 1.61. The third-order valence-electron chi connectivity index (χ3n) is 3.05. The van der Waals surface area contributed by atoms with Gasteiger partial charge in [0, 0.05) is 12.1 Å². The molecule has 8 heteroatoms. The Morgan fingerprint density at radius 1 is 1.17 bits per heavy atom. The number of sulfonamides is 1. The maximum Gasteiger partial charge on any atom is 0.269 e. The highest BCUT2D eigenvalue weighted by Crippen LogP contribution is 2.22. The summed E-state index contributed by atoms with van der Waals surface area (Å²) in [5.41, 5.74) is 0.708. The summed E-state index contributed by atoms with van der Waals surface area (Å²) in [6, 6.07) is 12.8. The number of nitro groups is 1. The molecule has 2 aromatic rings. The van der Waals surface area contributed by atoms with E-state index in [-0.39, 0.29) is 18.0 Å². The van der Waals surface area contributed by atoms with Gasteiger partial charge in [0.05, 0.1) is 10.6 Å². The second kappa shape index (κ2) is 7.10. The monoisotopic (exact) mass is 336 g/mol. The molecule has 0 atom stereocenters. The van der Waals surface area contributed by atoms with Gasteiger partial charge in [0.1, 0.15) is 18.1 Å². The highest BCUT2D eigenvalue weighted by Gasteiger charge is 2.14. The molecule has 0 spiro atoms. The Morgan fingerprint density at radius 3 is 2.48 bits per heavy atom. The van der Waals surface area contributed by atoms with Crippen molar-refractivity contribution in [2.45, 2.75) is 6.92 Å². The van der Waals surface area contributed by atoms with Crippen LogP contribution in [0.4, 0.5) is 11.4 Å². The van der Waals surface area contributed by atoms with Crippen LogP contribution in [0.2, 0.25) is 0 Å². The molecular weight excluding hydrogens is 320 g/mol. The first-order valence-electron chi connectivity index (χ1n) is 6.81. The second-order valence-electron chi connectivity index (χ2n) is 4.84. The van der Waals surface area contributed by atoms with Gasteiger partial charge in [-0.1, -0.05) is 18.2 Å². The topological polar surface area (TPSA) is 98.5 Å². The number of hydrogen-bond acceptors (Lipinski definition) is 5. The number of hydrogen-bond donors (Lipinski definition) is 1. The smallest absolute Gasteiger partial charge is 0.269 e. The first-order chi connectivity index (χ1) is 10.9. The van der Waals surface area contributed by atoms with Gasteiger partial charge in [-0.3, -0.25) is 14.8 Å². The van der Waals surface area contributed by atoms with Gasteiger partial charge in [0.2, 0.25) is 10.0 Å². The summed E-state index contributed by atoms with van der Waals surface area (Å²) >= 11 is 0. The molecule has 0 bridgehead atoms. The van der Waals surface area contributed by atoms with E-state index in [0.717, 1.165) is 0 Å². The van der Waals surface area contributed by atoms with Gasteiger partial charge in [-0.25, -0.2) is 8.42 Å². The molecule has 0 unspecified atom stereocenters. The Bertz CT molecular complexity index is 791. The van der Waals surface area contributed by atoms with Crippen LogP contribution in [0.15, 0.2) is 48.5 Å². The fourth-order valence-electron chi connectivity index (χ4n) is 1.88. The number of nitrogens with zero attached hydrogens (tertiary/aromatic N) is 1. The zero-order chi connectivity index (χ0) is 16.9. The van der Waals surface area contributed by atoms with Gasteiger partial charge in [0.25, 0.3) is 5.69 Å². The van der Waals surface area contributed by atoms with E-state index < -0.39 is 14.9 Å². The molecule has 23 heavy (non-hydrogen) atoms. The number of ether oxygens (including phenoxy) is 1. The average Bonchev–Trinajstić information content (AvgIpc) is 2.50. The molecular formula is C15H16N2O5S. The molecule has 0 amide bonds. The van der Waals surface area contributed by atoms with Crippen molar-refractivity contribution in [3.05, 3.63) is 64.2 Å². The van der Waals surface area contributed by atoms with Crippen LogP contribution < -0.4 is 9.46 Å². The van der Waals surface area contributed by atoms with Crippen molar-refractivity contribution in [3.8, 4) is 5.75 Å². The first-order valence-corrected chi connectivity index (χ1v) is 8.46. The normalized spacial score (nSPS) is 11.0. The summed E-state index contributed by atoms with van der Waals surface area (Å²) in [7, 11) is -3.61. The van der Waals surface area contributed by atoms with Crippen LogP contribution in [0.1, 0.15) is 5.56 Å². The maximum atomic E-state index is 12.0. The third kappa shape index (κ3) is 4.96. The number of nitro benzene ring substituents is 1. The number of aryl methyl sites for hydroxylation is 1. The Balaban J connectivity index is 1.97. The molecule has 0 saturated heterocycles. The van der Waals surface area contributed by atoms with E-state index in [0.29, 0.717) is 17.0 Å². The van der Waals surface area contributed by atoms with Gasteiger partial charge >= 0.3 is 0 Å². The molecule has 0 radical (unpaired) electrons. The van der Waals surface area contributed by atoms with Gasteiger partial charge < -0.3 is 4.74 Å². The van der Waals surface area contributed by atoms with Gasteiger partial charge in [-0.2, -0.15) is 0 Å². The van der Waals surface area contributed by atoms with E-state index in [1.165, 1.54) is 18.2 Å². The summed E-state index contributed by atoms with van der Waals surface area (Å²) in [6.07, 6.45) is 0. The van der Waals surface area contributed by atoms with E-state index >= 15 is 0 Å². The lowest BCUT2D eigenvalue weighted by atomic mass is 10.2. The number of non-ortho nitro benzene ring substituents is 1.